The SMILES string of the molecule is CCNCC(C)CNCC1(C)CC1. The highest BCUT2D eigenvalue weighted by atomic mass is 14.9. The van der Waals surface area contributed by atoms with Crippen molar-refractivity contribution >= 4 is 0 Å². The number of nitrogens with one attached hydrogen (secondary N) is 2. The van der Waals surface area contributed by atoms with E-state index in [-0.39, 0.29) is 0 Å². The molecule has 1 aliphatic rings. The molecule has 1 saturated carbocycles. The van der Waals surface area contributed by atoms with Crippen LogP contribution in [0.15, 0.2) is 0 Å². The molecule has 0 bridgehead atoms. The van der Waals surface area contributed by atoms with Crippen LogP contribution in [0.3, 0.4) is 0 Å². The molecule has 0 radical (unpaired) electrons. The zero-order chi connectivity index (χ0) is 9.73. The third kappa shape index (κ3) is 4.63. The molecule has 1 aliphatic carbocycles. The minimum absolute atomic E-state index is 0.651. The van der Waals surface area contributed by atoms with Gasteiger partial charge >= 0.3 is 0 Å². The molecule has 78 valence electrons. The van der Waals surface area contributed by atoms with Crippen LogP contribution in [0, 0.1) is 11.3 Å². The molecule has 0 aromatic carbocycles. The average Bonchev–Trinajstić information content (AvgIpc) is 2.80. The standard InChI is InChI=1S/C11H24N2/c1-4-12-7-10(2)8-13-9-11(3)5-6-11/h10,12-13H,4-9H2,1-3H3. The molecule has 13 heavy (non-hydrogen) atoms. The molecular formula is C11H24N2. The minimum Gasteiger partial charge on any atom is -0.317 e. The van der Waals surface area contributed by atoms with Crippen molar-refractivity contribution in [2.75, 3.05) is 26.2 Å². The van der Waals surface area contributed by atoms with Crippen molar-refractivity contribution in [3.8, 4) is 0 Å². The van der Waals surface area contributed by atoms with Gasteiger partial charge in [-0.1, -0.05) is 20.8 Å². The zero-order valence-corrected chi connectivity index (χ0v) is 9.32. The van der Waals surface area contributed by atoms with Crippen molar-refractivity contribution in [2.45, 2.75) is 33.6 Å². The summed E-state index contributed by atoms with van der Waals surface area (Å²) < 4.78 is 0. The maximum Gasteiger partial charge on any atom is 0.000529 e. The van der Waals surface area contributed by atoms with Gasteiger partial charge in [-0.3, -0.25) is 0 Å². The smallest absolute Gasteiger partial charge is 0.000529 e. The number of hydrogen-bond donors (Lipinski definition) is 2. The lowest BCUT2D eigenvalue weighted by Crippen LogP contribution is -2.32. The molecule has 1 unspecified atom stereocenters. The topological polar surface area (TPSA) is 24.1 Å². The monoisotopic (exact) mass is 184 g/mol. The van der Waals surface area contributed by atoms with E-state index in [1.165, 1.54) is 19.4 Å². The van der Waals surface area contributed by atoms with E-state index in [1.807, 2.05) is 0 Å². The van der Waals surface area contributed by atoms with E-state index in [0.29, 0.717) is 5.41 Å². The van der Waals surface area contributed by atoms with Gasteiger partial charge in [0.2, 0.25) is 0 Å². The van der Waals surface area contributed by atoms with Crippen LogP contribution < -0.4 is 10.6 Å². The highest BCUT2D eigenvalue weighted by Crippen LogP contribution is 2.43. The second-order valence-corrected chi connectivity index (χ2v) is 4.85. The molecule has 0 aliphatic heterocycles. The molecule has 2 heteroatoms. The fraction of sp³-hybridized carbons (Fsp3) is 1.00. The summed E-state index contributed by atoms with van der Waals surface area (Å²) >= 11 is 0. The Balaban J connectivity index is 1.92. The lowest BCUT2D eigenvalue weighted by molar-refractivity contribution is 0.434. The lowest BCUT2D eigenvalue weighted by atomic mass is 10.1. The molecule has 2 N–H and O–H groups in total. The second kappa shape index (κ2) is 4.97. The largest absolute Gasteiger partial charge is 0.317 e. The molecular weight excluding hydrogens is 160 g/mol. The molecule has 0 spiro atoms. The van der Waals surface area contributed by atoms with Crippen molar-refractivity contribution < 1.29 is 0 Å². The van der Waals surface area contributed by atoms with E-state index >= 15 is 0 Å². The Morgan fingerprint density at radius 3 is 2.38 bits per heavy atom. The first-order valence-electron chi connectivity index (χ1n) is 5.58. The van der Waals surface area contributed by atoms with Gasteiger partial charge in [0.25, 0.3) is 0 Å². The van der Waals surface area contributed by atoms with Crippen LogP contribution in [0.1, 0.15) is 33.6 Å². The third-order valence-electron chi connectivity index (χ3n) is 2.89. The Hall–Kier alpha value is -0.0800. The maximum atomic E-state index is 3.56. The molecule has 1 atom stereocenters. The third-order valence-corrected chi connectivity index (χ3v) is 2.89. The van der Waals surface area contributed by atoms with Gasteiger partial charge in [0.15, 0.2) is 0 Å². The van der Waals surface area contributed by atoms with E-state index in [4.69, 9.17) is 0 Å². The summed E-state index contributed by atoms with van der Waals surface area (Å²) in [5.41, 5.74) is 0.651. The van der Waals surface area contributed by atoms with Gasteiger partial charge in [0.1, 0.15) is 0 Å². The number of hydrogen-bond acceptors (Lipinski definition) is 2. The summed E-state index contributed by atoms with van der Waals surface area (Å²) in [6.45, 7) is 11.4. The molecule has 0 aromatic heterocycles. The zero-order valence-electron chi connectivity index (χ0n) is 9.32. The quantitative estimate of drug-likeness (QED) is 0.628. The molecule has 1 fully saturated rings. The van der Waals surface area contributed by atoms with Gasteiger partial charge in [-0.15, -0.1) is 0 Å². The van der Waals surface area contributed by atoms with Crippen LogP contribution in [0.2, 0.25) is 0 Å². The maximum absolute atomic E-state index is 3.56. The van der Waals surface area contributed by atoms with Gasteiger partial charge in [-0.05, 0) is 43.8 Å². The van der Waals surface area contributed by atoms with Crippen molar-refractivity contribution in [2.24, 2.45) is 11.3 Å². The predicted octanol–water partition coefficient (Wildman–Crippen LogP) is 1.62. The Labute approximate surface area is 82.5 Å². The fourth-order valence-corrected chi connectivity index (χ4v) is 1.47. The van der Waals surface area contributed by atoms with Gasteiger partial charge in [0, 0.05) is 6.54 Å². The molecule has 2 nitrogen and oxygen atoms in total. The van der Waals surface area contributed by atoms with Gasteiger partial charge in [-0.25, -0.2) is 0 Å². The highest BCUT2D eigenvalue weighted by molar-refractivity contribution is 4.90. The van der Waals surface area contributed by atoms with Crippen LogP contribution in [0.25, 0.3) is 0 Å². The van der Waals surface area contributed by atoms with Gasteiger partial charge < -0.3 is 10.6 Å². The minimum atomic E-state index is 0.651. The van der Waals surface area contributed by atoms with Gasteiger partial charge in [-0.2, -0.15) is 0 Å². The Bertz CT molecular complexity index is 141. The van der Waals surface area contributed by atoms with E-state index in [0.717, 1.165) is 25.6 Å². The van der Waals surface area contributed by atoms with E-state index < -0.39 is 0 Å². The highest BCUT2D eigenvalue weighted by Gasteiger charge is 2.36. The van der Waals surface area contributed by atoms with Crippen molar-refractivity contribution in [3.63, 3.8) is 0 Å². The summed E-state index contributed by atoms with van der Waals surface area (Å²) in [6.07, 6.45) is 2.84. The molecule has 0 aromatic rings. The van der Waals surface area contributed by atoms with E-state index in [2.05, 4.69) is 31.4 Å². The first kappa shape index (κ1) is 11.0. The van der Waals surface area contributed by atoms with Crippen molar-refractivity contribution in [1.82, 2.24) is 10.6 Å². The van der Waals surface area contributed by atoms with Crippen LogP contribution >= 0.6 is 0 Å². The summed E-state index contributed by atoms with van der Waals surface area (Å²) in [7, 11) is 0. The summed E-state index contributed by atoms with van der Waals surface area (Å²) in [4.78, 5) is 0. The average molecular weight is 184 g/mol. The molecule has 0 amide bonds. The van der Waals surface area contributed by atoms with Gasteiger partial charge in [0.05, 0.1) is 0 Å². The Morgan fingerprint density at radius 2 is 1.85 bits per heavy atom. The van der Waals surface area contributed by atoms with Crippen LogP contribution in [0.5, 0.6) is 0 Å². The summed E-state index contributed by atoms with van der Waals surface area (Å²) in [5, 5.41) is 6.93. The van der Waals surface area contributed by atoms with E-state index in [1.54, 1.807) is 0 Å². The fourth-order valence-electron chi connectivity index (χ4n) is 1.47. The molecule has 0 saturated heterocycles. The first-order chi connectivity index (χ1) is 6.16. The van der Waals surface area contributed by atoms with Crippen LogP contribution in [0.4, 0.5) is 0 Å². The van der Waals surface area contributed by atoms with Crippen molar-refractivity contribution in [3.05, 3.63) is 0 Å². The molecule has 0 heterocycles. The summed E-state index contributed by atoms with van der Waals surface area (Å²) in [5.74, 6) is 0.752. The Kier molecular flexibility index (Phi) is 4.20. The first-order valence-corrected chi connectivity index (χ1v) is 5.58. The normalized spacial score (nSPS) is 21.5. The van der Waals surface area contributed by atoms with Crippen LogP contribution in [-0.2, 0) is 0 Å². The number of rotatable bonds is 7. The van der Waals surface area contributed by atoms with Crippen LogP contribution in [-0.4, -0.2) is 26.2 Å². The van der Waals surface area contributed by atoms with Crippen molar-refractivity contribution in [1.29, 1.82) is 0 Å². The van der Waals surface area contributed by atoms with E-state index in [9.17, 15) is 0 Å². The predicted molar refractivity (Wildman–Crippen MR) is 57.9 cm³/mol. The Morgan fingerprint density at radius 1 is 1.23 bits per heavy atom. The summed E-state index contributed by atoms with van der Waals surface area (Å²) in [6, 6.07) is 0. The lowest BCUT2D eigenvalue weighted by Gasteiger charge is -2.15. The second-order valence-electron chi connectivity index (χ2n) is 4.85. The molecule has 1 rings (SSSR count).